The van der Waals surface area contributed by atoms with Gasteiger partial charge in [-0.15, -0.1) is 11.3 Å². The van der Waals surface area contributed by atoms with Gasteiger partial charge in [-0.1, -0.05) is 45.0 Å². The lowest BCUT2D eigenvalue weighted by atomic mass is 9.86. The fourth-order valence-electron chi connectivity index (χ4n) is 1.84. The largest absolute Gasteiger partial charge is 0.336 e. The first kappa shape index (κ1) is 15.8. The Kier molecular flexibility index (Phi) is 4.60. The molecule has 1 N–H and O–H groups in total. The molecule has 4 nitrogen and oxygen atoms in total. The van der Waals surface area contributed by atoms with Crippen LogP contribution in [-0.2, 0) is 5.41 Å². The minimum Gasteiger partial charge on any atom is -0.336 e. The van der Waals surface area contributed by atoms with Crippen LogP contribution in [-0.4, -0.2) is 4.98 Å². The van der Waals surface area contributed by atoms with Crippen molar-refractivity contribution >= 4 is 16.5 Å². The second kappa shape index (κ2) is 6.43. The van der Waals surface area contributed by atoms with E-state index < -0.39 is 0 Å². The fourth-order valence-corrected chi connectivity index (χ4v) is 2.53. The number of thiazole rings is 1. The summed E-state index contributed by atoms with van der Waals surface area (Å²) in [7, 11) is 0. The highest BCUT2D eigenvalue weighted by Crippen LogP contribution is 2.28. The maximum Gasteiger partial charge on any atom is 0.187 e. The molecule has 0 unspecified atom stereocenters. The van der Waals surface area contributed by atoms with Gasteiger partial charge in [0.15, 0.2) is 5.13 Å². The molecule has 0 aliphatic heterocycles. The second-order valence-electron chi connectivity index (χ2n) is 5.79. The van der Waals surface area contributed by atoms with Crippen LogP contribution in [0.2, 0.25) is 0 Å². The van der Waals surface area contributed by atoms with Gasteiger partial charge in [-0.25, -0.2) is 4.98 Å². The Morgan fingerprint density at radius 2 is 1.82 bits per heavy atom. The van der Waals surface area contributed by atoms with Crippen molar-refractivity contribution in [1.29, 1.82) is 10.5 Å². The van der Waals surface area contributed by atoms with Crippen LogP contribution in [0.4, 0.5) is 5.13 Å². The van der Waals surface area contributed by atoms with Crippen LogP contribution in [0.5, 0.6) is 0 Å². The Morgan fingerprint density at radius 1 is 1.18 bits per heavy atom. The molecular formula is C17H16N4S. The Balaban J connectivity index is 2.17. The van der Waals surface area contributed by atoms with Crippen LogP contribution in [0.25, 0.3) is 11.3 Å². The van der Waals surface area contributed by atoms with Gasteiger partial charge in [0.2, 0.25) is 0 Å². The van der Waals surface area contributed by atoms with Crippen molar-refractivity contribution in [3.8, 4) is 23.4 Å². The number of rotatable bonds is 3. The first-order valence-corrected chi connectivity index (χ1v) is 7.65. The maximum atomic E-state index is 8.68. The third-order valence-corrected chi connectivity index (χ3v) is 3.91. The molecule has 0 saturated heterocycles. The summed E-state index contributed by atoms with van der Waals surface area (Å²) >= 11 is 1.43. The summed E-state index contributed by atoms with van der Waals surface area (Å²) in [6, 6.07) is 11.9. The predicted octanol–water partition coefficient (Wildman–Crippen LogP) is 4.45. The van der Waals surface area contributed by atoms with Crippen LogP contribution < -0.4 is 5.32 Å². The van der Waals surface area contributed by atoms with E-state index in [0.717, 1.165) is 11.3 Å². The molecule has 0 aliphatic carbocycles. The summed E-state index contributed by atoms with van der Waals surface area (Å²) in [6.07, 6.45) is 1.37. The number of hydrogen-bond donors (Lipinski definition) is 1. The van der Waals surface area contributed by atoms with Crippen molar-refractivity contribution in [2.75, 3.05) is 5.32 Å². The lowest BCUT2D eigenvalue weighted by Crippen LogP contribution is -2.10. The van der Waals surface area contributed by atoms with E-state index in [1.54, 1.807) is 12.1 Å². The Morgan fingerprint density at radius 3 is 2.36 bits per heavy atom. The van der Waals surface area contributed by atoms with Crippen LogP contribution in [0.15, 0.2) is 41.4 Å². The molecule has 0 amide bonds. The van der Waals surface area contributed by atoms with Gasteiger partial charge in [-0.3, -0.25) is 0 Å². The average Bonchev–Trinajstić information content (AvgIpc) is 2.96. The minimum atomic E-state index is 0.0197. The van der Waals surface area contributed by atoms with Crippen molar-refractivity contribution < 1.29 is 0 Å². The Hall–Kier alpha value is -2.63. The van der Waals surface area contributed by atoms with E-state index in [9.17, 15) is 0 Å². The van der Waals surface area contributed by atoms with Crippen molar-refractivity contribution in [1.82, 2.24) is 4.98 Å². The highest BCUT2D eigenvalue weighted by Gasteiger charge is 2.13. The highest BCUT2D eigenvalue weighted by atomic mass is 32.1. The monoisotopic (exact) mass is 308 g/mol. The smallest absolute Gasteiger partial charge is 0.187 e. The van der Waals surface area contributed by atoms with Gasteiger partial charge in [0.25, 0.3) is 0 Å². The molecule has 1 aromatic heterocycles. The van der Waals surface area contributed by atoms with Gasteiger partial charge in [0, 0.05) is 17.1 Å². The van der Waals surface area contributed by atoms with Crippen LogP contribution in [0.1, 0.15) is 26.3 Å². The zero-order valence-electron chi connectivity index (χ0n) is 12.7. The molecule has 0 radical (unpaired) electrons. The molecular weight excluding hydrogens is 292 g/mol. The quantitative estimate of drug-likeness (QED) is 0.850. The SMILES string of the molecule is CC(C)(C)c1ccc(-c2csc(NC=C(C#N)C#N)n2)cc1. The van der Waals surface area contributed by atoms with Crippen LogP contribution in [0, 0.1) is 22.7 Å². The standard InChI is InChI=1S/C17H16N4S/c1-17(2,3)14-6-4-13(5-7-14)15-11-22-16(21-15)20-10-12(8-18)9-19/h4-7,10-11H,1-3H3,(H,20,21). The topological polar surface area (TPSA) is 72.5 Å². The Labute approximate surface area is 134 Å². The third-order valence-electron chi connectivity index (χ3n) is 3.13. The zero-order chi connectivity index (χ0) is 16.2. The summed E-state index contributed by atoms with van der Waals surface area (Å²) in [5, 5.41) is 22.8. The van der Waals surface area contributed by atoms with Crippen molar-refractivity contribution in [2.45, 2.75) is 26.2 Å². The molecule has 2 aromatic rings. The van der Waals surface area contributed by atoms with Gasteiger partial charge in [-0.05, 0) is 11.0 Å². The number of anilines is 1. The highest BCUT2D eigenvalue weighted by molar-refractivity contribution is 7.14. The molecule has 0 fully saturated rings. The predicted molar refractivity (Wildman–Crippen MR) is 89.2 cm³/mol. The van der Waals surface area contributed by atoms with Crippen LogP contribution in [0.3, 0.4) is 0 Å². The van der Waals surface area contributed by atoms with Gasteiger partial charge in [0.1, 0.15) is 17.7 Å². The summed E-state index contributed by atoms with van der Waals surface area (Å²) in [5.74, 6) is 0. The van der Waals surface area contributed by atoms with E-state index in [-0.39, 0.29) is 11.0 Å². The van der Waals surface area contributed by atoms with E-state index in [4.69, 9.17) is 10.5 Å². The third kappa shape index (κ3) is 3.72. The number of nitrogens with zero attached hydrogens (tertiary/aromatic N) is 3. The van der Waals surface area contributed by atoms with E-state index in [2.05, 4.69) is 55.3 Å². The minimum absolute atomic E-state index is 0.0197. The fraction of sp³-hybridized carbons (Fsp3) is 0.235. The molecule has 1 aromatic carbocycles. The molecule has 0 bridgehead atoms. The summed E-state index contributed by atoms with van der Waals surface area (Å²) in [5.41, 5.74) is 3.34. The lowest BCUT2D eigenvalue weighted by Gasteiger charge is -2.18. The molecule has 0 spiro atoms. The van der Waals surface area contributed by atoms with Crippen molar-refractivity contribution in [3.05, 3.63) is 47.0 Å². The lowest BCUT2D eigenvalue weighted by molar-refractivity contribution is 0.590. The van der Waals surface area contributed by atoms with Crippen molar-refractivity contribution in [2.24, 2.45) is 0 Å². The normalized spacial score (nSPS) is 10.4. The summed E-state index contributed by atoms with van der Waals surface area (Å²) in [4.78, 5) is 4.46. The Bertz CT molecular complexity index is 749. The second-order valence-corrected chi connectivity index (χ2v) is 6.65. The summed E-state index contributed by atoms with van der Waals surface area (Å²) in [6.45, 7) is 6.55. The molecule has 0 aliphatic rings. The number of nitriles is 2. The number of aromatic nitrogens is 1. The van der Waals surface area contributed by atoms with E-state index in [1.807, 2.05) is 5.38 Å². The van der Waals surface area contributed by atoms with E-state index >= 15 is 0 Å². The van der Waals surface area contributed by atoms with E-state index in [0.29, 0.717) is 5.13 Å². The molecule has 5 heteroatoms. The molecule has 0 atom stereocenters. The molecule has 110 valence electrons. The van der Waals surface area contributed by atoms with Crippen molar-refractivity contribution in [3.63, 3.8) is 0 Å². The van der Waals surface area contributed by atoms with Gasteiger partial charge in [-0.2, -0.15) is 10.5 Å². The molecule has 1 heterocycles. The number of hydrogen-bond acceptors (Lipinski definition) is 5. The first-order chi connectivity index (χ1) is 10.4. The molecule has 2 rings (SSSR count). The van der Waals surface area contributed by atoms with Gasteiger partial charge in [0.05, 0.1) is 5.69 Å². The number of nitrogens with one attached hydrogen (secondary N) is 1. The zero-order valence-corrected chi connectivity index (χ0v) is 13.5. The maximum absolute atomic E-state index is 8.68. The first-order valence-electron chi connectivity index (χ1n) is 6.77. The van der Waals surface area contributed by atoms with Gasteiger partial charge >= 0.3 is 0 Å². The number of allylic oxidation sites excluding steroid dienone is 1. The van der Waals surface area contributed by atoms with Gasteiger partial charge < -0.3 is 5.32 Å². The number of benzene rings is 1. The molecule has 0 saturated carbocycles. The van der Waals surface area contributed by atoms with E-state index in [1.165, 1.54) is 23.1 Å². The average molecular weight is 308 g/mol. The molecule has 22 heavy (non-hydrogen) atoms. The van der Waals surface area contributed by atoms with Crippen LogP contribution >= 0.6 is 11.3 Å². The summed E-state index contributed by atoms with van der Waals surface area (Å²) < 4.78 is 0.